The normalized spacial score (nSPS) is 13.8. The fourth-order valence-corrected chi connectivity index (χ4v) is 3.11. The van der Waals surface area contributed by atoms with Gasteiger partial charge in [-0.25, -0.2) is 19.6 Å². The van der Waals surface area contributed by atoms with Crippen molar-refractivity contribution in [3.63, 3.8) is 0 Å². The van der Waals surface area contributed by atoms with Gasteiger partial charge in [-0.15, -0.1) is 0 Å². The van der Waals surface area contributed by atoms with Gasteiger partial charge >= 0.3 is 0 Å². The number of anilines is 1. The molecule has 0 amide bonds. The average molecular weight is 329 g/mol. The zero-order valence-corrected chi connectivity index (χ0v) is 13.4. The molecule has 0 atom stereocenters. The van der Waals surface area contributed by atoms with Gasteiger partial charge in [-0.05, 0) is 18.2 Å². The molecule has 7 nitrogen and oxygen atoms in total. The molecule has 4 heterocycles. The molecule has 122 valence electrons. The SMILES string of the molecule is c1ccc2ncc(-c3ccnc(N4CCn5ncnc5C4)n3)cc2c1. The van der Waals surface area contributed by atoms with Crippen molar-refractivity contribution in [2.24, 2.45) is 0 Å². The van der Waals surface area contributed by atoms with Crippen molar-refractivity contribution in [1.29, 1.82) is 0 Å². The Kier molecular flexibility index (Phi) is 3.16. The maximum absolute atomic E-state index is 4.75. The van der Waals surface area contributed by atoms with E-state index < -0.39 is 0 Å². The third-order valence-corrected chi connectivity index (χ3v) is 4.42. The van der Waals surface area contributed by atoms with Gasteiger partial charge in [0.25, 0.3) is 0 Å². The Hall–Kier alpha value is -3.35. The van der Waals surface area contributed by atoms with Crippen molar-refractivity contribution in [3.8, 4) is 11.3 Å². The van der Waals surface area contributed by atoms with E-state index in [0.29, 0.717) is 12.5 Å². The van der Waals surface area contributed by atoms with Crippen LogP contribution in [0.3, 0.4) is 0 Å². The van der Waals surface area contributed by atoms with Crippen LogP contribution in [0.1, 0.15) is 5.82 Å². The maximum Gasteiger partial charge on any atom is 0.226 e. The fourth-order valence-electron chi connectivity index (χ4n) is 3.11. The maximum atomic E-state index is 4.75. The van der Waals surface area contributed by atoms with Crippen LogP contribution in [0, 0.1) is 0 Å². The highest BCUT2D eigenvalue weighted by atomic mass is 15.4. The van der Waals surface area contributed by atoms with Gasteiger partial charge < -0.3 is 4.90 Å². The molecule has 1 aromatic carbocycles. The van der Waals surface area contributed by atoms with Gasteiger partial charge in [-0.3, -0.25) is 4.98 Å². The summed E-state index contributed by atoms with van der Waals surface area (Å²) in [4.78, 5) is 20.1. The van der Waals surface area contributed by atoms with Crippen LogP contribution in [0.5, 0.6) is 0 Å². The van der Waals surface area contributed by atoms with Crippen LogP contribution in [0.25, 0.3) is 22.2 Å². The number of pyridine rings is 1. The fraction of sp³-hybridized carbons (Fsp3) is 0.167. The second-order valence-electron chi connectivity index (χ2n) is 5.98. The van der Waals surface area contributed by atoms with E-state index in [9.17, 15) is 0 Å². The topological polar surface area (TPSA) is 72.6 Å². The molecule has 0 aliphatic carbocycles. The number of para-hydroxylation sites is 1. The van der Waals surface area contributed by atoms with E-state index in [1.807, 2.05) is 35.1 Å². The molecular formula is C18H15N7. The molecule has 25 heavy (non-hydrogen) atoms. The summed E-state index contributed by atoms with van der Waals surface area (Å²) in [5.74, 6) is 1.65. The van der Waals surface area contributed by atoms with E-state index in [0.717, 1.165) is 41.1 Å². The minimum atomic E-state index is 0.666. The first-order valence-corrected chi connectivity index (χ1v) is 8.17. The summed E-state index contributed by atoms with van der Waals surface area (Å²) in [6.45, 7) is 2.27. The number of hydrogen-bond donors (Lipinski definition) is 0. The smallest absolute Gasteiger partial charge is 0.226 e. The molecule has 4 aromatic rings. The third kappa shape index (κ3) is 2.50. The van der Waals surface area contributed by atoms with Crippen molar-refractivity contribution in [1.82, 2.24) is 29.7 Å². The quantitative estimate of drug-likeness (QED) is 0.562. The van der Waals surface area contributed by atoms with Crippen LogP contribution in [-0.2, 0) is 13.1 Å². The number of benzene rings is 1. The molecular weight excluding hydrogens is 314 g/mol. The minimum Gasteiger partial charge on any atom is -0.331 e. The lowest BCUT2D eigenvalue weighted by Gasteiger charge is -2.26. The highest BCUT2D eigenvalue weighted by Gasteiger charge is 2.20. The summed E-state index contributed by atoms with van der Waals surface area (Å²) in [6.07, 6.45) is 5.25. The van der Waals surface area contributed by atoms with E-state index in [4.69, 9.17) is 4.98 Å². The number of fused-ring (bicyclic) bond motifs is 2. The van der Waals surface area contributed by atoms with Gasteiger partial charge in [0, 0.05) is 29.9 Å². The largest absolute Gasteiger partial charge is 0.331 e. The Morgan fingerprint density at radius 2 is 1.92 bits per heavy atom. The number of hydrogen-bond acceptors (Lipinski definition) is 6. The monoisotopic (exact) mass is 329 g/mol. The molecule has 0 saturated heterocycles. The van der Waals surface area contributed by atoms with Crippen LogP contribution < -0.4 is 4.90 Å². The van der Waals surface area contributed by atoms with E-state index in [1.165, 1.54) is 0 Å². The van der Waals surface area contributed by atoms with Crippen LogP contribution in [0.4, 0.5) is 5.95 Å². The predicted molar refractivity (Wildman–Crippen MR) is 93.8 cm³/mol. The van der Waals surface area contributed by atoms with Crippen molar-refractivity contribution < 1.29 is 0 Å². The van der Waals surface area contributed by atoms with Crippen LogP contribution in [0.15, 0.2) is 55.1 Å². The molecule has 0 radical (unpaired) electrons. The van der Waals surface area contributed by atoms with E-state index in [2.05, 4.69) is 37.1 Å². The van der Waals surface area contributed by atoms with Gasteiger partial charge in [-0.1, -0.05) is 18.2 Å². The highest BCUT2D eigenvalue weighted by molar-refractivity contribution is 5.82. The summed E-state index contributed by atoms with van der Waals surface area (Å²) in [6, 6.07) is 12.1. The third-order valence-electron chi connectivity index (χ3n) is 4.42. The second kappa shape index (κ2) is 5.62. The van der Waals surface area contributed by atoms with Crippen LogP contribution in [0.2, 0.25) is 0 Å². The molecule has 7 heteroatoms. The molecule has 1 aliphatic heterocycles. The lowest BCUT2D eigenvalue weighted by Crippen LogP contribution is -2.35. The lowest BCUT2D eigenvalue weighted by atomic mass is 10.1. The van der Waals surface area contributed by atoms with Crippen molar-refractivity contribution >= 4 is 16.9 Å². The Labute approximate surface area is 144 Å². The first-order valence-electron chi connectivity index (χ1n) is 8.17. The summed E-state index contributed by atoms with van der Waals surface area (Å²) >= 11 is 0. The number of nitrogens with zero attached hydrogens (tertiary/aromatic N) is 7. The first kappa shape index (κ1) is 14.0. The molecule has 0 unspecified atom stereocenters. The molecule has 1 aliphatic rings. The van der Waals surface area contributed by atoms with Crippen molar-refractivity contribution in [2.75, 3.05) is 11.4 Å². The minimum absolute atomic E-state index is 0.666. The molecule has 5 rings (SSSR count). The summed E-state index contributed by atoms with van der Waals surface area (Å²) in [5.41, 5.74) is 2.84. The molecule has 0 saturated carbocycles. The highest BCUT2D eigenvalue weighted by Crippen LogP contribution is 2.23. The molecule has 0 bridgehead atoms. The number of aromatic nitrogens is 6. The Morgan fingerprint density at radius 1 is 0.960 bits per heavy atom. The lowest BCUT2D eigenvalue weighted by molar-refractivity contribution is 0.507. The van der Waals surface area contributed by atoms with Gasteiger partial charge in [0.05, 0.1) is 24.3 Å². The standard InChI is InChI=1S/C18H15N7/c1-2-4-15-13(3-1)9-14(10-20-15)16-5-6-19-18(23-16)24-7-8-25-17(11-24)21-12-22-25/h1-6,9-10,12H,7-8,11H2. The van der Waals surface area contributed by atoms with Gasteiger partial charge in [-0.2, -0.15) is 5.10 Å². The molecule has 0 fully saturated rings. The average Bonchev–Trinajstić information content (AvgIpc) is 3.15. The van der Waals surface area contributed by atoms with Gasteiger partial charge in [0.15, 0.2) is 0 Å². The van der Waals surface area contributed by atoms with Crippen molar-refractivity contribution in [2.45, 2.75) is 13.1 Å². The van der Waals surface area contributed by atoms with Crippen molar-refractivity contribution in [3.05, 3.63) is 60.9 Å². The second-order valence-corrected chi connectivity index (χ2v) is 5.98. The summed E-state index contributed by atoms with van der Waals surface area (Å²) in [5, 5.41) is 5.31. The zero-order valence-electron chi connectivity index (χ0n) is 13.4. The summed E-state index contributed by atoms with van der Waals surface area (Å²) < 4.78 is 1.92. The first-order chi connectivity index (χ1) is 12.4. The van der Waals surface area contributed by atoms with Crippen LogP contribution in [-0.4, -0.2) is 36.3 Å². The van der Waals surface area contributed by atoms with Crippen LogP contribution >= 0.6 is 0 Å². The van der Waals surface area contributed by atoms with E-state index >= 15 is 0 Å². The molecule has 0 spiro atoms. The number of rotatable bonds is 2. The van der Waals surface area contributed by atoms with Gasteiger partial charge in [0.2, 0.25) is 5.95 Å². The molecule has 3 aromatic heterocycles. The predicted octanol–water partition coefficient (Wildman–Crippen LogP) is 2.30. The Balaban J connectivity index is 1.50. The Bertz CT molecular complexity index is 1060. The zero-order chi connectivity index (χ0) is 16.6. The van der Waals surface area contributed by atoms with Gasteiger partial charge in [0.1, 0.15) is 12.2 Å². The van der Waals surface area contributed by atoms with E-state index in [-0.39, 0.29) is 0 Å². The summed E-state index contributed by atoms with van der Waals surface area (Å²) in [7, 11) is 0. The van der Waals surface area contributed by atoms with E-state index in [1.54, 1.807) is 12.5 Å². The molecule has 0 N–H and O–H groups in total. The Morgan fingerprint density at radius 3 is 2.92 bits per heavy atom.